The van der Waals surface area contributed by atoms with Gasteiger partial charge in [-0.25, -0.2) is 0 Å². The average molecular weight is 474 g/mol. The average Bonchev–Trinajstić information content (AvgIpc) is 2.16. The smallest absolute Gasteiger partial charge is 0.778 e. The molecule has 7 N–H and O–H groups in total. The molecule has 0 aromatic rings. The molecule has 0 saturated carbocycles. The number of rotatable bonds is 11. The molecule has 0 amide bonds. The van der Waals surface area contributed by atoms with Crippen molar-refractivity contribution in [3.8, 4) is 0 Å². The van der Waals surface area contributed by atoms with Crippen LogP contribution in [0.1, 0.15) is 0 Å². The number of nitrogens with zero attached hydrogens (tertiary/aromatic N) is 2. The van der Waals surface area contributed by atoms with Gasteiger partial charge >= 0.3 is 74.2 Å². The topological polar surface area (TPSA) is 239 Å². The summed E-state index contributed by atoms with van der Waals surface area (Å²) in [4.78, 5) is 74.0. The van der Waals surface area contributed by atoms with Crippen LogP contribution >= 0.6 is 30.4 Å². The first-order valence-electron chi connectivity index (χ1n) is 5.98. The summed E-state index contributed by atoms with van der Waals surface area (Å²) in [5, 5.41) is 0. The summed E-state index contributed by atoms with van der Waals surface area (Å²) in [6, 6.07) is 0. The van der Waals surface area contributed by atoms with E-state index in [-0.39, 0.29) is 51.4 Å². The Balaban J connectivity index is 0. The molecule has 0 bridgehead atoms. The standard InChI is InChI=1S/C6H20N2O12P4.K/c9-21(10,11)3-7(4-22(12,13)14)1-2-8(5-23(15,16)17)6-24(18,19)20;/h1-6H2,(H2,9,10,11)(H2,12,13,14)(H2,15,16,17)(H2,18,19,20);/q;+1/p-1. The van der Waals surface area contributed by atoms with E-state index in [9.17, 15) is 23.2 Å². The monoisotopic (exact) mass is 474 g/mol. The Kier molecular flexibility index (Phi) is 13.4. The summed E-state index contributed by atoms with van der Waals surface area (Å²) in [5.41, 5.74) is 0. The van der Waals surface area contributed by atoms with E-state index in [1.807, 2.05) is 0 Å². The molecule has 0 heterocycles. The fraction of sp³-hybridized carbons (Fsp3) is 1.00. The van der Waals surface area contributed by atoms with Crippen LogP contribution < -0.4 is 56.3 Å². The first-order chi connectivity index (χ1) is 10.4. The zero-order chi connectivity index (χ0) is 19.4. The van der Waals surface area contributed by atoms with Crippen molar-refractivity contribution in [2.24, 2.45) is 0 Å². The minimum Gasteiger partial charge on any atom is -0.778 e. The second kappa shape index (κ2) is 11.4. The third-order valence-corrected chi connectivity index (χ3v) is 5.33. The van der Waals surface area contributed by atoms with Crippen LogP contribution in [0.3, 0.4) is 0 Å². The first-order valence-corrected chi connectivity index (χ1v) is 13.1. The van der Waals surface area contributed by atoms with Gasteiger partial charge in [-0.3, -0.25) is 23.5 Å². The van der Waals surface area contributed by atoms with E-state index in [0.29, 0.717) is 9.80 Å². The molecule has 14 nitrogen and oxygen atoms in total. The first kappa shape index (κ1) is 29.4. The summed E-state index contributed by atoms with van der Waals surface area (Å²) >= 11 is 0. The fourth-order valence-electron chi connectivity index (χ4n) is 1.69. The Morgan fingerprint density at radius 1 is 0.600 bits per heavy atom. The van der Waals surface area contributed by atoms with Gasteiger partial charge in [0.25, 0.3) is 0 Å². The molecule has 0 aromatic heterocycles. The van der Waals surface area contributed by atoms with Crippen molar-refractivity contribution in [2.45, 2.75) is 0 Å². The van der Waals surface area contributed by atoms with E-state index in [1.54, 1.807) is 0 Å². The van der Waals surface area contributed by atoms with Gasteiger partial charge in [0, 0.05) is 13.1 Å². The predicted octanol–water partition coefficient (Wildman–Crippen LogP) is -5.50. The summed E-state index contributed by atoms with van der Waals surface area (Å²) in [5.74, 6) is 0. The molecule has 0 saturated heterocycles. The van der Waals surface area contributed by atoms with Crippen LogP contribution in [0.15, 0.2) is 0 Å². The summed E-state index contributed by atoms with van der Waals surface area (Å²) < 4.78 is 43.7. The van der Waals surface area contributed by atoms with E-state index >= 15 is 0 Å². The predicted molar refractivity (Wildman–Crippen MR) is 78.8 cm³/mol. The van der Waals surface area contributed by atoms with Crippen molar-refractivity contribution in [2.75, 3.05) is 38.2 Å². The molecule has 146 valence electrons. The Morgan fingerprint density at radius 3 is 1.04 bits per heavy atom. The van der Waals surface area contributed by atoms with Crippen molar-refractivity contribution in [1.29, 1.82) is 0 Å². The van der Waals surface area contributed by atoms with Crippen LogP contribution in [-0.2, 0) is 18.3 Å². The molecular weight excluding hydrogens is 455 g/mol. The Hall–Kier alpha value is 2.16. The molecule has 25 heavy (non-hydrogen) atoms. The molecule has 0 rings (SSSR count). The molecule has 0 fully saturated rings. The van der Waals surface area contributed by atoms with Crippen LogP contribution in [0.2, 0.25) is 0 Å². The molecule has 1 atom stereocenters. The molecule has 0 aliphatic carbocycles. The second-order valence-corrected chi connectivity index (χ2v) is 11.4. The summed E-state index contributed by atoms with van der Waals surface area (Å²) in [7, 11) is -19.1. The van der Waals surface area contributed by atoms with Crippen LogP contribution in [0.25, 0.3) is 0 Å². The zero-order valence-corrected chi connectivity index (χ0v) is 19.8. The van der Waals surface area contributed by atoms with Crippen molar-refractivity contribution < 1.29 is 109 Å². The number of hydrogen-bond donors (Lipinski definition) is 7. The maximum absolute atomic E-state index is 11.0. The van der Waals surface area contributed by atoms with Crippen molar-refractivity contribution in [3.63, 3.8) is 0 Å². The fourth-order valence-corrected chi connectivity index (χ4v) is 5.04. The van der Waals surface area contributed by atoms with Gasteiger partial charge in [-0.05, 0) is 0 Å². The second-order valence-electron chi connectivity index (χ2n) is 4.99. The molecule has 0 aliphatic heterocycles. The van der Waals surface area contributed by atoms with E-state index in [2.05, 4.69) is 0 Å². The Bertz CT molecular complexity index is 492. The van der Waals surface area contributed by atoms with Gasteiger partial charge in [0.15, 0.2) is 0 Å². The van der Waals surface area contributed by atoms with E-state index in [4.69, 9.17) is 34.3 Å². The van der Waals surface area contributed by atoms with Gasteiger partial charge in [-0.2, -0.15) is 0 Å². The van der Waals surface area contributed by atoms with Gasteiger partial charge in [-0.1, -0.05) is 0 Å². The third-order valence-electron chi connectivity index (χ3n) is 2.26. The molecule has 0 aliphatic rings. The SMILES string of the molecule is O=P([O-])(O)CN(CCN(CP(=O)(O)O)CP(=O)(O)O)CP(=O)(O)O.[K+]. The third kappa shape index (κ3) is 20.7. The Morgan fingerprint density at radius 2 is 0.840 bits per heavy atom. The van der Waals surface area contributed by atoms with Gasteiger partial charge in [-0.15, -0.1) is 0 Å². The Labute approximate surface area is 185 Å². The molecule has 19 heteroatoms. The maximum Gasteiger partial charge on any atom is 1.00 e. The molecule has 0 aromatic carbocycles. The minimum absolute atomic E-state index is 0. The molecule has 1 unspecified atom stereocenters. The van der Waals surface area contributed by atoms with Crippen molar-refractivity contribution in [3.05, 3.63) is 0 Å². The van der Waals surface area contributed by atoms with Crippen molar-refractivity contribution >= 4 is 30.4 Å². The summed E-state index contributed by atoms with van der Waals surface area (Å²) in [6.07, 6.45) is -4.36. The van der Waals surface area contributed by atoms with E-state index in [0.717, 1.165) is 0 Å². The molecule has 0 radical (unpaired) electrons. The molecular formula is C6H19KN2O12P4. The quantitative estimate of drug-likeness (QED) is 0.109. The van der Waals surface area contributed by atoms with E-state index in [1.165, 1.54) is 0 Å². The largest absolute Gasteiger partial charge is 1.00 e. The van der Waals surface area contributed by atoms with Gasteiger partial charge in [0.2, 0.25) is 0 Å². The van der Waals surface area contributed by atoms with Gasteiger partial charge in [0.1, 0.15) is 26.5 Å². The maximum atomic E-state index is 11.0. The van der Waals surface area contributed by atoms with Crippen LogP contribution in [0.4, 0.5) is 0 Å². The number of hydrogen-bond acceptors (Lipinski definition) is 7. The van der Waals surface area contributed by atoms with Gasteiger partial charge < -0.3 is 43.7 Å². The van der Waals surface area contributed by atoms with E-state index < -0.39 is 68.6 Å². The van der Waals surface area contributed by atoms with Gasteiger partial charge in [0.05, 0.1) is 6.29 Å². The van der Waals surface area contributed by atoms with Crippen molar-refractivity contribution in [1.82, 2.24) is 9.80 Å². The normalized spacial score (nSPS) is 15.9. The van der Waals surface area contributed by atoms with Crippen LogP contribution in [0, 0.1) is 0 Å². The summed E-state index contributed by atoms with van der Waals surface area (Å²) in [6.45, 7) is -1.08. The van der Waals surface area contributed by atoms with Crippen LogP contribution in [-0.4, -0.2) is 82.3 Å². The minimum atomic E-state index is -4.94. The van der Waals surface area contributed by atoms with Crippen LogP contribution in [0.5, 0.6) is 0 Å². The zero-order valence-electron chi connectivity index (χ0n) is 13.1. The molecule has 0 spiro atoms.